The number of para-hydroxylation sites is 4. The summed E-state index contributed by atoms with van der Waals surface area (Å²) in [4.78, 5) is 0. The molecule has 2 fully saturated rings. The van der Waals surface area contributed by atoms with E-state index in [9.17, 15) is 0 Å². The fourth-order valence-electron chi connectivity index (χ4n) is 13.4. The van der Waals surface area contributed by atoms with Crippen LogP contribution in [0.3, 0.4) is 0 Å². The summed E-state index contributed by atoms with van der Waals surface area (Å²) in [5.74, 6) is 3.66. The Kier molecular flexibility index (Phi) is 19.7. The predicted octanol–water partition coefficient (Wildman–Crippen LogP) is 18.4. The minimum Gasteiger partial charge on any atom is -0.519 e. The number of imidazole rings is 2. The van der Waals surface area contributed by atoms with Crippen LogP contribution >= 0.6 is 0 Å². The molecule has 0 amide bonds. The molecule has 2 saturated heterocycles. The van der Waals surface area contributed by atoms with Crippen LogP contribution in [0, 0.1) is 0 Å². The van der Waals surface area contributed by atoms with Crippen molar-refractivity contribution in [1.82, 2.24) is 9.13 Å². The van der Waals surface area contributed by atoms with Crippen LogP contribution in [0.2, 0.25) is 26.2 Å². The number of anilines is 4. The molecule has 86 heavy (non-hydrogen) atoms. The minimum atomic E-state index is -2.18. The maximum Gasteiger partial charge on any atom is 0.242 e. The summed E-state index contributed by atoms with van der Waals surface area (Å²) in [5, 5.41) is 2.95. The molecule has 0 aliphatic carbocycles. The van der Waals surface area contributed by atoms with Gasteiger partial charge in [-0.1, -0.05) is 184 Å². The summed E-state index contributed by atoms with van der Waals surface area (Å²) in [5.41, 5.74) is 17.9. The molecule has 0 radical (unpaired) electrons. The van der Waals surface area contributed by atoms with E-state index in [2.05, 4.69) is 353 Å². The molecule has 0 spiro atoms. The molecule has 0 saturated carbocycles. The number of hydrogen-bond acceptors (Lipinski definition) is 4. The first kappa shape index (κ1) is 68.9. The highest BCUT2D eigenvalue weighted by Gasteiger charge is 2.52. The Hall–Kier alpha value is -4.63. The number of aromatic nitrogens is 4. The molecule has 472 valence electrons. The summed E-state index contributed by atoms with van der Waals surface area (Å²) >= 11 is 0. The van der Waals surface area contributed by atoms with Crippen molar-refractivity contribution < 1.29 is 9.13 Å². The van der Waals surface area contributed by atoms with E-state index >= 15 is 0 Å². The summed E-state index contributed by atoms with van der Waals surface area (Å²) in [6.45, 7) is 76.5. The van der Waals surface area contributed by atoms with E-state index in [0.717, 1.165) is 0 Å². The third kappa shape index (κ3) is 12.8. The summed E-state index contributed by atoms with van der Waals surface area (Å²) in [7, 11) is -7.18. The molecule has 0 N–H and O–H groups in total. The molecule has 4 heterocycles. The van der Waals surface area contributed by atoms with Crippen molar-refractivity contribution in [1.29, 1.82) is 0 Å². The van der Waals surface area contributed by atoms with Crippen LogP contribution in [0.15, 0.2) is 97.8 Å². The smallest absolute Gasteiger partial charge is 0.242 e. The standard InChI is InChI=1S/2C37H60N4Si2/c2*1-25(2)29-19-17-20-30(26(3)4)34(29)40-42(33-23-38(36(9,10)11)24-39(33)37(12,13)14)41(43(40,15)16)35-31(27(5)6)21-18-22-32(35)28(7)8/h2*17-28H,1-16H3. The van der Waals surface area contributed by atoms with E-state index in [1.165, 1.54) is 77.9 Å². The normalized spacial score (nSPS) is 15.9. The molecule has 2 aliphatic heterocycles. The zero-order valence-electron chi connectivity index (χ0n) is 60.4. The van der Waals surface area contributed by atoms with Gasteiger partial charge in [-0.25, -0.2) is 9.13 Å². The molecule has 8 nitrogen and oxygen atoms in total. The lowest BCUT2D eigenvalue weighted by molar-refractivity contribution is -0.753. The lowest BCUT2D eigenvalue weighted by Gasteiger charge is -2.77. The van der Waals surface area contributed by atoms with Gasteiger partial charge in [0.2, 0.25) is 12.7 Å². The number of rotatable bonds is 14. The van der Waals surface area contributed by atoms with E-state index in [1.807, 2.05) is 0 Å². The van der Waals surface area contributed by atoms with Gasteiger partial charge in [0.25, 0.3) is 0 Å². The number of hydrogen-bond donors (Lipinski definition) is 0. The van der Waals surface area contributed by atoms with Crippen molar-refractivity contribution in [3.63, 3.8) is 0 Å². The average molecular weight is 1230 g/mol. The van der Waals surface area contributed by atoms with E-state index in [-0.39, 0.29) is 22.2 Å². The van der Waals surface area contributed by atoms with Crippen LogP contribution in [-0.4, -0.2) is 44.2 Å². The van der Waals surface area contributed by atoms with Gasteiger partial charge >= 0.3 is 0 Å². The third-order valence-electron chi connectivity index (χ3n) is 18.3. The Morgan fingerprint density at radius 2 is 0.488 bits per heavy atom. The molecule has 2 aliphatic rings. The van der Waals surface area contributed by atoms with Crippen LogP contribution in [0.4, 0.5) is 22.7 Å². The quantitative estimate of drug-likeness (QED) is 0.0803. The second-order valence-corrected chi connectivity index (χ2v) is 46.5. The van der Waals surface area contributed by atoms with Crippen LogP contribution in [-0.2, 0) is 22.2 Å². The van der Waals surface area contributed by atoms with Gasteiger partial charge in [-0.3, -0.25) is 9.13 Å². The van der Waals surface area contributed by atoms with E-state index in [4.69, 9.17) is 0 Å². The molecule has 6 aromatic rings. The van der Waals surface area contributed by atoms with Crippen LogP contribution in [0.1, 0.15) is 286 Å². The second kappa shape index (κ2) is 24.6. The fraction of sp³-hybridized carbons (Fsp3) is 0.595. The van der Waals surface area contributed by atoms with Gasteiger partial charge in [0.15, 0.2) is 16.8 Å². The highest BCUT2D eigenvalue weighted by molar-refractivity contribution is 7.18. The van der Waals surface area contributed by atoms with Crippen molar-refractivity contribution >= 4 is 68.4 Å². The third-order valence-corrected chi connectivity index (χ3v) is 36.9. The van der Waals surface area contributed by atoms with Crippen molar-refractivity contribution in [2.24, 2.45) is 0 Å². The molecule has 2 aromatic heterocycles. The van der Waals surface area contributed by atoms with Crippen LogP contribution < -0.4 is 36.7 Å². The zero-order chi connectivity index (χ0) is 64.8. The summed E-state index contributed by atoms with van der Waals surface area (Å²) in [6, 6.07) is 28.4. The van der Waals surface area contributed by atoms with Gasteiger partial charge in [-0.2, -0.15) is 0 Å². The molecular weight excluding hydrogens is 1110 g/mol. The second-order valence-electron chi connectivity index (χ2n) is 32.9. The fourth-order valence-corrected chi connectivity index (χ4v) is 32.7. The zero-order valence-corrected chi connectivity index (χ0v) is 64.4. The molecule has 0 unspecified atom stereocenters. The Morgan fingerprint density at radius 1 is 0.314 bits per heavy atom. The van der Waals surface area contributed by atoms with Gasteiger partial charge in [0.1, 0.15) is 23.5 Å². The predicted molar refractivity (Wildman–Crippen MR) is 383 cm³/mol. The average Bonchev–Trinajstić information content (AvgIpc) is 0.974. The molecule has 0 bridgehead atoms. The maximum atomic E-state index is 3.01. The van der Waals surface area contributed by atoms with Crippen molar-refractivity contribution in [3.8, 4) is 0 Å². The Labute approximate surface area is 532 Å². The minimum absolute atomic E-state index is 0.00209. The van der Waals surface area contributed by atoms with Crippen molar-refractivity contribution in [2.45, 2.75) is 290 Å². The lowest BCUT2D eigenvalue weighted by atomic mass is 9.93. The summed E-state index contributed by atoms with van der Waals surface area (Å²) < 4.78 is 22.2. The Bertz CT molecular complexity index is 2870. The lowest BCUT2D eigenvalue weighted by Crippen LogP contribution is -2.90. The van der Waals surface area contributed by atoms with E-state index < -0.39 is 35.0 Å². The number of benzene rings is 4. The van der Waals surface area contributed by atoms with Crippen LogP contribution in [0.25, 0.3) is 0 Å². The van der Waals surface area contributed by atoms with Crippen molar-refractivity contribution in [3.05, 3.63) is 142 Å². The topological polar surface area (TPSA) is 30.6 Å². The van der Waals surface area contributed by atoms with Gasteiger partial charge in [0.05, 0.1) is 11.1 Å². The first-order valence-electron chi connectivity index (χ1n) is 33.2. The molecule has 0 atom stereocenters. The monoisotopic (exact) mass is 1230 g/mol. The highest BCUT2D eigenvalue weighted by atomic mass is 28.5. The van der Waals surface area contributed by atoms with Gasteiger partial charge in [0, 0.05) is 33.4 Å². The molecular formula is C74H120N8Si4. The van der Waals surface area contributed by atoms with Gasteiger partial charge < -0.3 is 16.9 Å². The molecule has 8 rings (SSSR count). The SMILES string of the molecule is CC(C)c1cccc(C(C)C)c1N1[Si-](c2c[n+](C(C)(C)C)cn2C(C)(C)C)N(c2c(C(C)C)cccc2C(C)C)[Si]1(C)C.CC(C)c1cccc(C(C)C)c1N1[Si-](c2c[n+](C(C)(C)C)cn2C(C)(C)C)N(c2c(C(C)C)cccc2C(C)C)[Si]1(C)C. The van der Waals surface area contributed by atoms with Crippen LogP contribution in [0.5, 0.6) is 0 Å². The van der Waals surface area contributed by atoms with E-state index in [1.54, 1.807) is 0 Å². The Morgan fingerprint density at radius 3 is 0.628 bits per heavy atom. The first-order valence-corrected chi connectivity index (χ1v) is 41.8. The summed E-state index contributed by atoms with van der Waals surface area (Å²) in [6.07, 6.45) is 9.80. The highest BCUT2D eigenvalue weighted by Crippen LogP contribution is 2.51. The van der Waals surface area contributed by atoms with Crippen molar-refractivity contribution in [2.75, 3.05) is 16.9 Å². The largest absolute Gasteiger partial charge is 0.519 e. The Balaban J connectivity index is 0.000000246. The van der Waals surface area contributed by atoms with E-state index in [0.29, 0.717) is 47.3 Å². The molecule has 12 heteroatoms. The van der Waals surface area contributed by atoms with Gasteiger partial charge in [-0.05, 0) is 219 Å². The van der Waals surface area contributed by atoms with Gasteiger partial charge in [-0.15, -0.1) is 0 Å². The number of nitrogens with zero attached hydrogens (tertiary/aromatic N) is 8. The molecule has 4 aromatic carbocycles. The maximum absolute atomic E-state index is 3.01. The first-order chi connectivity index (χ1) is 39.4.